The molecule has 112 valence electrons. The molecule has 1 saturated carbocycles. The number of benzene rings is 1. The molecular weight excluding hydrogens is 340 g/mol. The molecule has 0 saturated heterocycles. The van der Waals surface area contributed by atoms with Crippen LogP contribution in [0.25, 0.3) is 0 Å². The van der Waals surface area contributed by atoms with Crippen molar-refractivity contribution in [2.45, 2.75) is 44.0 Å². The van der Waals surface area contributed by atoms with Gasteiger partial charge in [0.05, 0.1) is 4.90 Å². The lowest BCUT2D eigenvalue weighted by atomic mass is 9.79. The number of nitrogen functional groups attached to an aromatic ring is 1. The van der Waals surface area contributed by atoms with Gasteiger partial charge < -0.3 is 5.73 Å². The Hall–Kier alpha value is -0.590. The Morgan fingerprint density at radius 2 is 1.95 bits per heavy atom. The highest BCUT2D eigenvalue weighted by Gasteiger charge is 2.29. The largest absolute Gasteiger partial charge is 0.399 e. The molecule has 2 rings (SSSR count). The van der Waals surface area contributed by atoms with E-state index in [0.717, 1.165) is 19.3 Å². The van der Waals surface area contributed by atoms with Crippen LogP contribution in [0.5, 0.6) is 0 Å². The molecule has 1 aromatic carbocycles. The van der Waals surface area contributed by atoms with Crippen LogP contribution in [0.3, 0.4) is 0 Å². The predicted octanol–water partition coefficient (Wildman–Crippen LogP) is 3.13. The van der Waals surface area contributed by atoms with E-state index in [0.29, 0.717) is 22.0 Å². The molecule has 3 unspecified atom stereocenters. The van der Waals surface area contributed by atoms with Crippen LogP contribution < -0.4 is 10.5 Å². The summed E-state index contributed by atoms with van der Waals surface area (Å²) in [5.74, 6) is 1.20. The van der Waals surface area contributed by atoms with Crippen LogP contribution in [-0.4, -0.2) is 14.5 Å². The third kappa shape index (κ3) is 3.54. The van der Waals surface area contributed by atoms with E-state index in [1.54, 1.807) is 12.1 Å². The lowest BCUT2D eigenvalue weighted by Crippen LogP contribution is -2.39. The van der Waals surface area contributed by atoms with E-state index in [2.05, 4.69) is 34.5 Å². The van der Waals surface area contributed by atoms with E-state index in [9.17, 15) is 8.42 Å². The summed E-state index contributed by atoms with van der Waals surface area (Å²) in [6.45, 7) is 4.41. The van der Waals surface area contributed by atoms with Crippen molar-refractivity contribution in [2.24, 2.45) is 11.8 Å². The number of nitrogens with two attached hydrogens (primary N) is 1. The maximum absolute atomic E-state index is 12.5. The van der Waals surface area contributed by atoms with E-state index in [1.165, 1.54) is 6.07 Å². The molecule has 4 nitrogen and oxygen atoms in total. The molecule has 0 radical (unpaired) electrons. The van der Waals surface area contributed by atoms with Gasteiger partial charge in [0.25, 0.3) is 0 Å². The number of nitrogens with one attached hydrogen (secondary N) is 1. The van der Waals surface area contributed by atoms with Gasteiger partial charge in [-0.1, -0.05) is 13.8 Å². The van der Waals surface area contributed by atoms with E-state index >= 15 is 0 Å². The summed E-state index contributed by atoms with van der Waals surface area (Å²) in [4.78, 5) is 0.212. The number of hydrogen-bond donors (Lipinski definition) is 2. The molecule has 1 aromatic rings. The van der Waals surface area contributed by atoms with Crippen molar-refractivity contribution in [1.29, 1.82) is 0 Å². The molecule has 1 fully saturated rings. The van der Waals surface area contributed by atoms with Crippen LogP contribution in [0.2, 0.25) is 0 Å². The smallest absolute Gasteiger partial charge is 0.242 e. The topological polar surface area (TPSA) is 72.2 Å². The summed E-state index contributed by atoms with van der Waals surface area (Å²) < 4.78 is 28.3. The fourth-order valence-corrected chi connectivity index (χ4v) is 4.95. The minimum absolute atomic E-state index is 0.0135. The lowest BCUT2D eigenvalue weighted by Gasteiger charge is -2.32. The normalized spacial score (nSPS) is 27.4. The van der Waals surface area contributed by atoms with Crippen molar-refractivity contribution >= 4 is 31.6 Å². The zero-order valence-electron chi connectivity index (χ0n) is 11.8. The molecule has 0 bridgehead atoms. The average molecular weight is 361 g/mol. The Labute approximate surface area is 129 Å². The molecule has 0 spiro atoms. The summed E-state index contributed by atoms with van der Waals surface area (Å²) in [5, 5.41) is 0. The summed E-state index contributed by atoms with van der Waals surface area (Å²) in [6, 6.07) is 4.84. The first kappa shape index (κ1) is 15.8. The number of halogens is 1. The monoisotopic (exact) mass is 360 g/mol. The minimum atomic E-state index is -3.53. The molecular formula is C14H21BrN2O2S. The van der Waals surface area contributed by atoms with Gasteiger partial charge in [0.1, 0.15) is 0 Å². The van der Waals surface area contributed by atoms with Crippen molar-refractivity contribution in [2.75, 3.05) is 5.73 Å². The van der Waals surface area contributed by atoms with Gasteiger partial charge in [0.15, 0.2) is 0 Å². The molecule has 0 aromatic heterocycles. The predicted molar refractivity (Wildman–Crippen MR) is 84.8 cm³/mol. The number of sulfonamides is 1. The fourth-order valence-electron chi connectivity index (χ4n) is 2.66. The van der Waals surface area contributed by atoms with Gasteiger partial charge in [-0.3, -0.25) is 0 Å². The third-order valence-electron chi connectivity index (χ3n) is 4.16. The van der Waals surface area contributed by atoms with Crippen LogP contribution in [0.15, 0.2) is 27.6 Å². The molecule has 0 heterocycles. The van der Waals surface area contributed by atoms with Gasteiger partial charge in [0.2, 0.25) is 10.0 Å². The Kier molecular flexibility index (Phi) is 4.76. The fraction of sp³-hybridized carbons (Fsp3) is 0.571. The Bertz CT molecular complexity index is 589. The average Bonchev–Trinajstić information content (AvgIpc) is 2.36. The molecule has 6 heteroatoms. The molecule has 0 aliphatic heterocycles. The Morgan fingerprint density at radius 1 is 1.25 bits per heavy atom. The van der Waals surface area contributed by atoms with Gasteiger partial charge in [-0.05, 0) is 65.2 Å². The van der Waals surface area contributed by atoms with Crippen LogP contribution in [-0.2, 0) is 10.0 Å². The number of hydrogen-bond acceptors (Lipinski definition) is 3. The second-order valence-corrected chi connectivity index (χ2v) is 8.31. The SMILES string of the molecule is CC1CCC(NS(=O)(=O)c2cc(N)ccc2Br)CC1C. The molecule has 20 heavy (non-hydrogen) atoms. The van der Waals surface area contributed by atoms with Crippen LogP contribution in [0.4, 0.5) is 5.69 Å². The van der Waals surface area contributed by atoms with Gasteiger partial charge in [-0.25, -0.2) is 13.1 Å². The molecule has 1 aliphatic carbocycles. The highest BCUT2D eigenvalue weighted by molar-refractivity contribution is 9.10. The first-order valence-corrected chi connectivity index (χ1v) is 9.14. The summed E-state index contributed by atoms with van der Waals surface area (Å²) in [6.07, 6.45) is 2.84. The first-order chi connectivity index (χ1) is 9.29. The van der Waals surface area contributed by atoms with Crippen molar-refractivity contribution in [3.05, 3.63) is 22.7 Å². The second-order valence-electron chi connectivity index (χ2n) is 5.78. The summed E-state index contributed by atoms with van der Waals surface area (Å²) in [5.41, 5.74) is 6.13. The van der Waals surface area contributed by atoms with Crippen LogP contribution in [0, 0.1) is 11.8 Å². The standard InChI is InChI=1S/C14H21BrN2O2S/c1-9-3-5-12(7-10(9)2)17-20(18,19)14-8-11(16)4-6-13(14)15/h4,6,8-10,12,17H,3,5,7,16H2,1-2H3. The molecule has 3 atom stereocenters. The van der Waals surface area contributed by atoms with E-state index in [-0.39, 0.29) is 10.9 Å². The minimum Gasteiger partial charge on any atom is -0.399 e. The van der Waals surface area contributed by atoms with Crippen molar-refractivity contribution in [1.82, 2.24) is 4.72 Å². The highest BCUT2D eigenvalue weighted by Crippen LogP contribution is 2.31. The summed E-state index contributed by atoms with van der Waals surface area (Å²) in [7, 11) is -3.53. The molecule has 0 amide bonds. The Morgan fingerprint density at radius 3 is 2.60 bits per heavy atom. The Balaban J connectivity index is 2.17. The van der Waals surface area contributed by atoms with Crippen molar-refractivity contribution in [3.63, 3.8) is 0 Å². The first-order valence-electron chi connectivity index (χ1n) is 6.87. The van der Waals surface area contributed by atoms with E-state index in [1.807, 2.05) is 0 Å². The second kappa shape index (κ2) is 6.03. The zero-order chi connectivity index (χ0) is 14.9. The van der Waals surface area contributed by atoms with E-state index in [4.69, 9.17) is 5.73 Å². The molecule has 3 N–H and O–H groups in total. The lowest BCUT2D eigenvalue weighted by molar-refractivity contribution is 0.242. The van der Waals surface area contributed by atoms with Gasteiger partial charge in [-0.2, -0.15) is 0 Å². The number of rotatable bonds is 3. The molecule has 1 aliphatic rings. The van der Waals surface area contributed by atoms with Crippen molar-refractivity contribution < 1.29 is 8.42 Å². The van der Waals surface area contributed by atoms with E-state index < -0.39 is 10.0 Å². The number of anilines is 1. The van der Waals surface area contributed by atoms with Gasteiger partial charge in [0, 0.05) is 16.2 Å². The third-order valence-corrected chi connectivity index (χ3v) is 6.68. The summed E-state index contributed by atoms with van der Waals surface area (Å²) >= 11 is 3.28. The zero-order valence-corrected chi connectivity index (χ0v) is 14.2. The van der Waals surface area contributed by atoms with Crippen LogP contribution >= 0.6 is 15.9 Å². The highest BCUT2D eigenvalue weighted by atomic mass is 79.9. The maximum atomic E-state index is 12.5. The van der Waals surface area contributed by atoms with Crippen molar-refractivity contribution in [3.8, 4) is 0 Å². The van der Waals surface area contributed by atoms with Gasteiger partial charge in [-0.15, -0.1) is 0 Å². The quantitative estimate of drug-likeness (QED) is 0.813. The maximum Gasteiger partial charge on any atom is 0.242 e. The van der Waals surface area contributed by atoms with Gasteiger partial charge >= 0.3 is 0 Å². The van der Waals surface area contributed by atoms with Crippen LogP contribution in [0.1, 0.15) is 33.1 Å².